The molecule has 0 spiro atoms. The number of ether oxygens (including phenoxy) is 5. The van der Waals surface area contributed by atoms with Gasteiger partial charge in [-0.2, -0.15) is 0 Å². The molecule has 2 aromatic carbocycles. The van der Waals surface area contributed by atoms with Gasteiger partial charge in [-0.3, -0.25) is 19.3 Å². The predicted octanol–water partition coefficient (Wildman–Crippen LogP) is 3.60. The van der Waals surface area contributed by atoms with Gasteiger partial charge in [0.05, 0.1) is 40.5 Å². The fourth-order valence-corrected chi connectivity index (χ4v) is 4.38. The molecular formula is C26H28N2O8S. The summed E-state index contributed by atoms with van der Waals surface area (Å²) < 4.78 is 26.5. The molecule has 0 saturated carbocycles. The molecule has 3 amide bonds. The molecule has 0 radical (unpaired) electrons. The largest absolute Gasteiger partial charge is 0.497 e. The molecule has 0 aromatic heterocycles. The van der Waals surface area contributed by atoms with Crippen molar-refractivity contribution in [2.75, 3.05) is 48.6 Å². The van der Waals surface area contributed by atoms with Gasteiger partial charge < -0.3 is 29.0 Å². The minimum absolute atomic E-state index is 0.0271. The van der Waals surface area contributed by atoms with Gasteiger partial charge in [0, 0.05) is 24.7 Å². The lowest BCUT2D eigenvalue weighted by Gasteiger charge is -2.13. The summed E-state index contributed by atoms with van der Waals surface area (Å²) >= 11 is 0.821. The Labute approximate surface area is 219 Å². The van der Waals surface area contributed by atoms with Crippen molar-refractivity contribution < 1.29 is 38.1 Å². The first-order valence-electron chi connectivity index (χ1n) is 11.1. The van der Waals surface area contributed by atoms with Crippen LogP contribution in [0.15, 0.2) is 41.3 Å². The van der Waals surface area contributed by atoms with Crippen LogP contribution < -0.4 is 29.0 Å². The highest BCUT2D eigenvalue weighted by molar-refractivity contribution is 8.18. The molecule has 2 aromatic rings. The number of hydrogen-bond donors (Lipinski definition) is 1. The minimum atomic E-state index is -0.449. The number of rotatable bonds is 11. The van der Waals surface area contributed by atoms with Gasteiger partial charge in [-0.05, 0) is 59.8 Å². The SMILES string of the molecule is COc1ccc(OC)c(/C=C/C(=O)NCCN2C(=O)S/C(=C/c3cc(OC)c(OC)c(OC)c3)C2=O)c1. The van der Waals surface area contributed by atoms with Gasteiger partial charge in [-0.25, -0.2) is 0 Å². The summed E-state index contributed by atoms with van der Waals surface area (Å²) in [5, 5.41) is 2.25. The fraction of sp³-hybridized carbons (Fsp3) is 0.269. The molecule has 196 valence electrons. The number of nitrogens with zero attached hydrogens (tertiary/aromatic N) is 1. The van der Waals surface area contributed by atoms with E-state index >= 15 is 0 Å². The zero-order chi connectivity index (χ0) is 26.9. The highest BCUT2D eigenvalue weighted by Gasteiger charge is 2.34. The van der Waals surface area contributed by atoms with Gasteiger partial charge in [-0.1, -0.05) is 0 Å². The summed E-state index contributed by atoms with van der Waals surface area (Å²) in [6.45, 7) is 0.118. The van der Waals surface area contributed by atoms with Crippen LogP contribution in [0, 0.1) is 0 Å². The maximum atomic E-state index is 12.8. The molecule has 0 unspecified atom stereocenters. The van der Waals surface area contributed by atoms with E-state index < -0.39 is 11.1 Å². The summed E-state index contributed by atoms with van der Waals surface area (Å²) in [5.41, 5.74) is 1.27. The van der Waals surface area contributed by atoms with Crippen molar-refractivity contribution in [2.45, 2.75) is 0 Å². The van der Waals surface area contributed by atoms with Crippen molar-refractivity contribution in [1.82, 2.24) is 10.2 Å². The summed E-state index contributed by atoms with van der Waals surface area (Å²) in [6.07, 6.45) is 4.52. The molecule has 1 saturated heterocycles. The summed E-state index contributed by atoms with van der Waals surface area (Å²) in [7, 11) is 7.56. The zero-order valence-electron chi connectivity index (χ0n) is 21.2. The Morgan fingerprint density at radius 2 is 1.59 bits per heavy atom. The van der Waals surface area contributed by atoms with E-state index in [4.69, 9.17) is 23.7 Å². The second kappa shape index (κ2) is 12.7. The van der Waals surface area contributed by atoms with Crippen LogP contribution in [0.2, 0.25) is 0 Å². The highest BCUT2D eigenvalue weighted by Crippen LogP contribution is 2.40. The molecule has 1 aliphatic heterocycles. The first kappa shape index (κ1) is 27.5. The fourth-order valence-electron chi connectivity index (χ4n) is 3.51. The van der Waals surface area contributed by atoms with E-state index in [0.717, 1.165) is 16.7 Å². The number of amides is 3. The van der Waals surface area contributed by atoms with Crippen molar-refractivity contribution in [3.05, 3.63) is 52.4 Å². The van der Waals surface area contributed by atoms with Crippen LogP contribution in [0.25, 0.3) is 12.2 Å². The summed E-state index contributed by atoms with van der Waals surface area (Å²) in [4.78, 5) is 38.9. The lowest BCUT2D eigenvalue weighted by Crippen LogP contribution is -2.36. The molecule has 1 N–H and O–H groups in total. The van der Waals surface area contributed by atoms with Crippen LogP contribution in [-0.2, 0) is 9.59 Å². The second-order valence-corrected chi connectivity index (χ2v) is 8.52. The molecule has 1 aliphatic rings. The number of imide groups is 1. The molecule has 3 rings (SSSR count). The van der Waals surface area contributed by atoms with E-state index in [9.17, 15) is 14.4 Å². The maximum Gasteiger partial charge on any atom is 0.293 e. The van der Waals surface area contributed by atoms with Crippen molar-refractivity contribution >= 4 is 41.0 Å². The Balaban J connectivity index is 1.63. The number of benzene rings is 2. The standard InChI is InChI=1S/C26H28N2O8S/c1-32-18-7-8-19(33-2)17(15-18)6-9-23(29)27-10-11-28-25(30)22(37-26(28)31)14-16-12-20(34-3)24(36-5)21(13-16)35-4/h6-9,12-15H,10-11H2,1-5H3,(H,27,29)/b9-6+,22-14+. The Morgan fingerprint density at radius 3 is 2.19 bits per heavy atom. The van der Waals surface area contributed by atoms with E-state index in [2.05, 4.69) is 5.32 Å². The Kier molecular flexibility index (Phi) is 9.45. The van der Waals surface area contributed by atoms with E-state index in [1.807, 2.05) is 0 Å². The molecule has 1 heterocycles. The quantitative estimate of drug-likeness (QED) is 0.437. The molecule has 11 heteroatoms. The summed E-state index contributed by atoms with van der Waals surface area (Å²) in [5.74, 6) is 1.65. The van der Waals surface area contributed by atoms with Crippen molar-refractivity contribution in [3.8, 4) is 28.7 Å². The third kappa shape index (κ3) is 6.56. The average molecular weight is 529 g/mol. The number of methoxy groups -OCH3 is 5. The third-order valence-corrected chi connectivity index (χ3v) is 6.25. The van der Waals surface area contributed by atoms with E-state index in [1.165, 1.54) is 34.5 Å². The second-order valence-electron chi connectivity index (χ2n) is 7.52. The lowest BCUT2D eigenvalue weighted by atomic mass is 10.1. The number of nitrogens with one attached hydrogen (secondary N) is 1. The van der Waals surface area contributed by atoms with Gasteiger partial charge in [0.2, 0.25) is 11.7 Å². The number of carbonyl (C=O) groups excluding carboxylic acids is 3. The van der Waals surface area contributed by atoms with Crippen LogP contribution in [0.3, 0.4) is 0 Å². The Morgan fingerprint density at radius 1 is 0.919 bits per heavy atom. The summed E-state index contributed by atoms with van der Waals surface area (Å²) in [6, 6.07) is 8.59. The zero-order valence-corrected chi connectivity index (χ0v) is 22.0. The van der Waals surface area contributed by atoms with Crippen LogP contribution >= 0.6 is 11.8 Å². The number of thioether (sulfide) groups is 1. The van der Waals surface area contributed by atoms with Crippen LogP contribution in [0.4, 0.5) is 4.79 Å². The molecular weight excluding hydrogens is 500 g/mol. The Bertz CT molecular complexity index is 1220. The third-order valence-electron chi connectivity index (χ3n) is 5.34. The van der Waals surface area contributed by atoms with Crippen LogP contribution in [0.1, 0.15) is 11.1 Å². The molecule has 0 bridgehead atoms. The van der Waals surface area contributed by atoms with E-state index in [1.54, 1.807) is 49.6 Å². The normalized spacial score (nSPS) is 14.3. The predicted molar refractivity (Wildman–Crippen MR) is 140 cm³/mol. The van der Waals surface area contributed by atoms with Crippen molar-refractivity contribution in [1.29, 1.82) is 0 Å². The highest BCUT2D eigenvalue weighted by atomic mass is 32.2. The molecule has 0 atom stereocenters. The monoisotopic (exact) mass is 528 g/mol. The van der Waals surface area contributed by atoms with Crippen LogP contribution in [-0.4, -0.2) is 70.6 Å². The first-order valence-corrected chi connectivity index (χ1v) is 11.9. The molecule has 37 heavy (non-hydrogen) atoms. The average Bonchev–Trinajstić information content (AvgIpc) is 3.18. The van der Waals surface area contributed by atoms with E-state index in [0.29, 0.717) is 39.9 Å². The Hall–Kier alpha value is -4.12. The molecule has 10 nitrogen and oxygen atoms in total. The number of carbonyl (C=O) groups is 3. The van der Waals surface area contributed by atoms with Crippen LogP contribution in [0.5, 0.6) is 28.7 Å². The maximum absolute atomic E-state index is 12.8. The first-order chi connectivity index (χ1) is 17.8. The van der Waals surface area contributed by atoms with Gasteiger partial charge in [0.15, 0.2) is 11.5 Å². The van der Waals surface area contributed by atoms with Crippen molar-refractivity contribution in [2.24, 2.45) is 0 Å². The minimum Gasteiger partial charge on any atom is -0.497 e. The number of hydrogen-bond acceptors (Lipinski definition) is 9. The van der Waals surface area contributed by atoms with Crippen molar-refractivity contribution in [3.63, 3.8) is 0 Å². The van der Waals surface area contributed by atoms with Gasteiger partial charge in [0.1, 0.15) is 11.5 Å². The molecule has 0 aliphatic carbocycles. The topological polar surface area (TPSA) is 113 Å². The lowest BCUT2D eigenvalue weighted by molar-refractivity contribution is -0.123. The van der Waals surface area contributed by atoms with Gasteiger partial charge in [-0.15, -0.1) is 0 Å². The smallest absolute Gasteiger partial charge is 0.293 e. The molecule has 1 fully saturated rings. The van der Waals surface area contributed by atoms with E-state index in [-0.39, 0.29) is 23.9 Å². The van der Waals surface area contributed by atoms with Gasteiger partial charge in [0.25, 0.3) is 11.1 Å². The van der Waals surface area contributed by atoms with Gasteiger partial charge >= 0.3 is 0 Å².